The van der Waals surface area contributed by atoms with Crippen LogP contribution in [0.5, 0.6) is 11.5 Å². The second-order valence-corrected chi connectivity index (χ2v) is 7.94. The quantitative estimate of drug-likeness (QED) is 0.503. The van der Waals surface area contributed by atoms with Crippen molar-refractivity contribution in [3.8, 4) is 11.5 Å². The molecule has 1 aliphatic rings. The van der Waals surface area contributed by atoms with E-state index < -0.39 is 0 Å². The molecule has 2 aromatic rings. The van der Waals surface area contributed by atoms with E-state index >= 15 is 0 Å². The largest absolute Gasteiger partial charge is 0.457 e. The van der Waals surface area contributed by atoms with Gasteiger partial charge in [-0.3, -0.25) is 4.79 Å². The Hall–Kier alpha value is -3.06. The molecule has 2 N–H and O–H groups in total. The maximum absolute atomic E-state index is 12.0. The fraction of sp³-hybridized carbons (Fsp3) is 0.417. The van der Waals surface area contributed by atoms with Gasteiger partial charge in [-0.1, -0.05) is 30.3 Å². The molecule has 166 valence electrons. The zero-order valence-corrected chi connectivity index (χ0v) is 18.6. The molecular formula is C24H32N4O3. The molecule has 0 aliphatic carbocycles. The standard InChI is InChI=1S/C24H32N4O3/c1-18-9-10-20(22(13-18)31-21-7-5-4-6-8-21)15-26-24(27-16-23(29)28(2)3)25-14-19-11-12-30-17-19/h4-10,13,19H,11-12,14-17H2,1-3H3,(H2,25,26,27). The third kappa shape index (κ3) is 7.29. The topological polar surface area (TPSA) is 75.2 Å². The molecule has 1 saturated heterocycles. The zero-order chi connectivity index (χ0) is 22.1. The van der Waals surface area contributed by atoms with Crippen molar-refractivity contribution in [2.45, 2.75) is 19.9 Å². The molecule has 7 nitrogen and oxygen atoms in total. The van der Waals surface area contributed by atoms with E-state index in [2.05, 4.69) is 16.7 Å². The van der Waals surface area contributed by atoms with Crippen molar-refractivity contribution >= 4 is 11.9 Å². The fourth-order valence-corrected chi connectivity index (χ4v) is 3.14. The number of rotatable bonds is 8. The number of para-hydroxylation sites is 1. The van der Waals surface area contributed by atoms with Gasteiger partial charge in [0.2, 0.25) is 5.91 Å². The molecule has 0 saturated carbocycles. The second kappa shape index (κ2) is 11.4. The fourth-order valence-electron chi connectivity index (χ4n) is 3.14. The lowest BCUT2D eigenvalue weighted by molar-refractivity contribution is -0.127. The Kier molecular flexibility index (Phi) is 8.29. The minimum atomic E-state index is -0.0119. The number of amides is 1. The van der Waals surface area contributed by atoms with Gasteiger partial charge in [-0.05, 0) is 37.1 Å². The van der Waals surface area contributed by atoms with E-state index in [0.29, 0.717) is 18.4 Å². The Balaban J connectivity index is 1.72. The van der Waals surface area contributed by atoms with Gasteiger partial charge in [-0.2, -0.15) is 0 Å². The van der Waals surface area contributed by atoms with Crippen molar-refractivity contribution in [2.75, 3.05) is 40.4 Å². The first kappa shape index (κ1) is 22.6. The number of benzene rings is 2. The molecule has 1 unspecified atom stereocenters. The third-order valence-electron chi connectivity index (χ3n) is 5.09. The predicted octanol–water partition coefficient (Wildman–Crippen LogP) is 2.95. The van der Waals surface area contributed by atoms with Crippen molar-refractivity contribution < 1.29 is 14.3 Å². The molecule has 3 rings (SSSR count). The van der Waals surface area contributed by atoms with Crippen molar-refractivity contribution in [1.82, 2.24) is 15.5 Å². The summed E-state index contributed by atoms with van der Waals surface area (Å²) in [6, 6.07) is 15.8. The van der Waals surface area contributed by atoms with Crippen molar-refractivity contribution in [2.24, 2.45) is 10.9 Å². The summed E-state index contributed by atoms with van der Waals surface area (Å²) in [6.45, 7) is 4.95. The van der Waals surface area contributed by atoms with Crippen LogP contribution in [0.25, 0.3) is 0 Å². The van der Waals surface area contributed by atoms with Gasteiger partial charge in [0.1, 0.15) is 11.5 Å². The highest BCUT2D eigenvalue weighted by Gasteiger charge is 2.16. The first-order valence-corrected chi connectivity index (χ1v) is 10.6. The van der Waals surface area contributed by atoms with Gasteiger partial charge in [0.15, 0.2) is 5.96 Å². The zero-order valence-electron chi connectivity index (χ0n) is 18.6. The van der Waals surface area contributed by atoms with Crippen LogP contribution in [0.4, 0.5) is 0 Å². The Morgan fingerprint density at radius 2 is 2.00 bits per heavy atom. The smallest absolute Gasteiger partial charge is 0.241 e. The first-order valence-electron chi connectivity index (χ1n) is 10.6. The lowest BCUT2D eigenvalue weighted by atomic mass is 10.1. The van der Waals surface area contributed by atoms with Gasteiger partial charge in [-0.15, -0.1) is 0 Å². The molecule has 2 aromatic carbocycles. The third-order valence-corrected chi connectivity index (χ3v) is 5.09. The number of hydrogen-bond donors (Lipinski definition) is 2. The molecule has 31 heavy (non-hydrogen) atoms. The molecule has 0 aromatic heterocycles. The Morgan fingerprint density at radius 1 is 1.19 bits per heavy atom. The van der Waals surface area contributed by atoms with Crippen LogP contribution in [0.1, 0.15) is 17.5 Å². The van der Waals surface area contributed by atoms with E-state index in [1.165, 1.54) is 0 Å². The molecule has 1 fully saturated rings. The lowest BCUT2D eigenvalue weighted by Crippen LogP contribution is -2.44. The Bertz CT molecular complexity index is 878. The molecule has 1 aliphatic heterocycles. The first-order chi connectivity index (χ1) is 15.0. The highest BCUT2D eigenvalue weighted by atomic mass is 16.5. The number of ether oxygens (including phenoxy) is 2. The molecule has 7 heteroatoms. The summed E-state index contributed by atoms with van der Waals surface area (Å²) >= 11 is 0. The molecule has 0 bridgehead atoms. The van der Waals surface area contributed by atoms with Crippen LogP contribution in [0, 0.1) is 12.8 Å². The average molecular weight is 425 g/mol. The van der Waals surface area contributed by atoms with Crippen molar-refractivity contribution in [3.05, 3.63) is 59.7 Å². The van der Waals surface area contributed by atoms with E-state index in [0.717, 1.165) is 48.8 Å². The molecule has 1 heterocycles. The number of carbonyl (C=O) groups excluding carboxylic acids is 1. The summed E-state index contributed by atoms with van der Waals surface area (Å²) in [4.78, 5) is 18.3. The summed E-state index contributed by atoms with van der Waals surface area (Å²) < 4.78 is 11.6. The highest BCUT2D eigenvalue weighted by Crippen LogP contribution is 2.27. The van der Waals surface area contributed by atoms with E-state index in [4.69, 9.17) is 14.5 Å². The summed E-state index contributed by atoms with van der Waals surface area (Å²) in [6.07, 6.45) is 1.03. The second-order valence-electron chi connectivity index (χ2n) is 7.94. The van der Waals surface area contributed by atoms with E-state index in [1.807, 2.05) is 49.4 Å². The normalized spacial score (nSPS) is 16.1. The van der Waals surface area contributed by atoms with Gasteiger partial charge < -0.3 is 25.0 Å². The molecule has 1 atom stereocenters. The van der Waals surface area contributed by atoms with Gasteiger partial charge in [0, 0.05) is 38.7 Å². The minimum Gasteiger partial charge on any atom is -0.457 e. The van der Waals surface area contributed by atoms with Gasteiger partial charge in [0.25, 0.3) is 0 Å². The van der Waals surface area contributed by atoms with Crippen LogP contribution < -0.4 is 15.4 Å². The number of aryl methyl sites for hydroxylation is 1. The Labute approximate surface area is 184 Å². The molecule has 0 spiro atoms. The van der Waals surface area contributed by atoms with Crippen LogP contribution in [-0.2, 0) is 16.1 Å². The maximum atomic E-state index is 12.0. The van der Waals surface area contributed by atoms with Crippen molar-refractivity contribution in [3.63, 3.8) is 0 Å². The number of hydrogen-bond acceptors (Lipinski definition) is 4. The van der Waals surface area contributed by atoms with Gasteiger partial charge >= 0.3 is 0 Å². The number of likely N-dealkylation sites (N-methyl/N-ethyl adjacent to an activating group) is 1. The summed E-state index contributed by atoms with van der Waals surface area (Å²) in [5.74, 6) is 2.61. The summed E-state index contributed by atoms with van der Waals surface area (Å²) in [5.41, 5.74) is 2.09. The van der Waals surface area contributed by atoms with Crippen LogP contribution >= 0.6 is 0 Å². The highest BCUT2D eigenvalue weighted by molar-refractivity contribution is 5.86. The molecule has 1 amide bonds. The van der Waals surface area contributed by atoms with Crippen LogP contribution in [0.2, 0.25) is 0 Å². The van der Waals surface area contributed by atoms with E-state index in [9.17, 15) is 4.79 Å². The summed E-state index contributed by atoms with van der Waals surface area (Å²) in [5, 5.41) is 6.50. The number of nitrogens with zero attached hydrogens (tertiary/aromatic N) is 2. The number of aliphatic imine (C=N–C) groups is 1. The lowest BCUT2D eigenvalue weighted by Gasteiger charge is -2.17. The number of nitrogens with one attached hydrogen (secondary N) is 2. The van der Waals surface area contributed by atoms with Gasteiger partial charge in [-0.25, -0.2) is 4.99 Å². The van der Waals surface area contributed by atoms with Crippen LogP contribution in [0.15, 0.2) is 53.5 Å². The van der Waals surface area contributed by atoms with E-state index in [-0.39, 0.29) is 12.5 Å². The molecular weight excluding hydrogens is 392 g/mol. The van der Waals surface area contributed by atoms with Crippen LogP contribution in [0.3, 0.4) is 0 Å². The number of carbonyl (C=O) groups is 1. The minimum absolute atomic E-state index is 0.0119. The average Bonchev–Trinajstić information content (AvgIpc) is 3.28. The van der Waals surface area contributed by atoms with Crippen LogP contribution in [-0.4, -0.2) is 57.2 Å². The van der Waals surface area contributed by atoms with Gasteiger partial charge in [0.05, 0.1) is 19.7 Å². The molecule has 0 radical (unpaired) electrons. The van der Waals surface area contributed by atoms with Crippen molar-refractivity contribution in [1.29, 1.82) is 0 Å². The Morgan fingerprint density at radius 3 is 2.71 bits per heavy atom. The monoisotopic (exact) mass is 424 g/mol. The predicted molar refractivity (Wildman–Crippen MR) is 122 cm³/mol. The maximum Gasteiger partial charge on any atom is 0.241 e. The van der Waals surface area contributed by atoms with E-state index in [1.54, 1.807) is 19.0 Å². The number of guanidine groups is 1. The SMILES string of the molecule is Cc1ccc(CN=C(NCC(=O)N(C)C)NCC2CCOC2)c(Oc2ccccc2)c1. The summed E-state index contributed by atoms with van der Waals surface area (Å²) in [7, 11) is 3.48.